The average Bonchev–Trinajstić information content (AvgIpc) is 2.85. The fourth-order valence-corrected chi connectivity index (χ4v) is 8.31. The molecule has 0 aromatic heterocycles. The fourth-order valence-electron chi connectivity index (χ4n) is 8.31. The Bertz CT molecular complexity index is 457. The second kappa shape index (κ2) is 5.48. The Morgan fingerprint density at radius 3 is 2.30 bits per heavy atom. The molecule has 0 spiro atoms. The fraction of sp³-hybridized carbons (Fsp3) is 1.00. The molecule has 1 heteroatoms. The SMILES string of the molecule is CC(O)[C@H]1CCC2C3CC[C@H]4C[C@@H](C)CC[C@]4(C)C3CC[C@@]21C. The number of aliphatic hydroxyl groups is 1. The molecule has 0 amide bonds. The summed E-state index contributed by atoms with van der Waals surface area (Å²) in [5, 5.41) is 10.3. The largest absolute Gasteiger partial charge is 0.393 e. The first-order chi connectivity index (χ1) is 10.9. The highest BCUT2D eigenvalue weighted by atomic mass is 16.3. The molecule has 23 heavy (non-hydrogen) atoms. The predicted molar refractivity (Wildman–Crippen MR) is 96.1 cm³/mol. The third kappa shape index (κ3) is 2.28. The van der Waals surface area contributed by atoms with Crippen LogP contribution in [0.2, 0.25) is 0 Å². The summed E-state index contributed by atoms with van der Waals surface area (Å²) < 4.78 is 0. The Balaban J connectivity index is 1.60. The lowest BCUT2D eigenvalue weighted by molar-refractivity contribution is -0.123. The van der Waals surface area contributed by atoms with Crippen LogP contribution in [0.15, 0.2) is 0 Å². The smallest absolute Gasteiger partial charge is 0.0545 e. The number of rotatable bonds is 1. The van der Waals surface area contributed by atoms with Crippen molar-refractivity contribution in [2.75, 3.05) is 0 Å². The molecule has 0 bridgehead atoms. The highest BCUT2D eigenvalue weighted by molar-refractivity contribution is 5.09. The van der Waals surface area contributed by atoms with Crippen LogP contribution in [0.3, 0.4) is 0 Å². The first-order valence-corrected chi connectivity index (χ1v) is 10.5. The van der Waals surface area contributed by atoms with Gasteiger partial charge in [-0.3, -0.25) is 0 Å². The number of aliphatic hydroxyl groups excluding tert-OH is 1. The summed E-state index contributed by atoms with van der Waals surface area (Å²) >= 11 is 0. The van der Waals surface area contributed by atoms with Gasteiger partial charge in [0.1, 0.15) is 0 Å². The van der Waals surface area contributed by atoms with E-state index in [0.29, 0.717) is 16.7 Å². The average molecular weight is 319 g/mol. The molecule has 1 N–H and O–H groups in total. The van der Waals surface area contributed by atoms with E-state index in [9.17, 15) is 5.11 Å². The van der Waals surface area contributed by atoms with Crippen molar-refractivity contribution in [3.05, 3.63) is 0 Å². The molecule has 4 rings (SSSR count). The molecule has 1 nitrogen and oxygen atoms in total. The minimum absolute atomic E-state index is 0.107. The van der Waals surface area contributed by atoms with Crippen molar-refractivity contribution in [3.8, 4) is 0 Å². The summed E-state index contributed by atoms with van der Waals surface area (Å²) in [5.41, 5.74) is 1.07. The molecular weight excluding hydrogens is 280 g/mol. The van der Waals surface area contributed by atoms with Gasteiger partial charge in [0, 0.05) is 0 Å². The van der Waals surface area contributed by atoms with Crippen LogP contribution in [0.1, 0.15) is 85.5 Å². The first kappa shape index (κ1) is 16.4. The van der Waals surface area contributed by atoms with Gasteiger partial charge in [-0.25, -0.2) is 0 Å². The van der Waals surface area contributed by atoms with Crippen LogP contribution in [0.5, 0.6) is 0 Å². The molecule has 4 unspecified atom stereocenters. The van der Waals surface area contributed by atoms with E-state index in [1.54, 1.807) is 0 Å². The Morgan fingerprint density at radius 2 is 1.57 bits per heavy atom. The molecule has 4 aliphatic carbocycles. The van der Waals surface area contributed by atoms with Gasteiger partial charge in [-0.05, 0) is 105 Å². The highest BCUT2D eigenvalue weighted by Crippen LogP contribution is 2.68. The van der Waals surface area contributed by atoms with Crippen molar-refractivity contribution < 1.29 is 5.11 Å². The van der Waals surface area contributed by atoms with E-state index < -0.39 is 0 Å². The minimum atomic E-state index is -0.107. The first-order valence-electron chi connectivity index (χ1n) is 10.5. The van der Waals surface area contributed by atoms with Gasteiger partial charge in [0.15, 0.2) is 0 Å². The van der Waals surface area contributed by atoms with Gasteiger partial charge >= 0.3 is 0 Å². The van der Waals surface area contributed by atoms with Gasteiger partial charge in [-0.1, -0.05) is 27.2 Å². The molecule has 132 valence electrons. The Labute approximate surface area is 143 Å². The minimum Gasteiger partial charge on any atom is -0.393 e. The van der Waals surface area contributed by atoms with Gasteiger partial charge in [0.2, 0.25) is 0 Å². The number of hydrogen-bond acceptors (Lipinski definition) is 1. The quantitative estimate of drug-likeness (QED) is 0.661. The Kier molecular flexibility index (Phi) is 3.91. The van der Waals surface area contributed by atoms with Gasteiger partial charge in [0.05, 0.1) is 6.10 Å². The predicted octanol–water partition coefficient (Wildman–Crippen LogP) is 5.66. The summed E-state index contributed by atoms with van der Waals surface area (Å²) in [5.74, 6) is 5.38. The van der Waals surface area contributed by atoms with Gasteiger partial charge < -0.3 is 5.11 Å². The van der Waals surface area contributed by atoms with Crippen LogP contribution in [0.4, 0.5) is 0 Å². The standard InChI is InChI=1S/C22H38O/c1-14-9-11-21(3)16(13-14)5-6-17-19-8-7-18(15(2)23)22(19,4)12-10-20(17)21/h14-20,23H,5-13H2,1-4H3/t14-,15?,16-,17?,18+,19?,20?,21-,22+/m0/s1. The van der Waals surface area contributed by atoms with Gasteiger partial charge in [-0.2, -0.15) is 0 Å². The summed E-state index contributed by atoms with van der Waals surface area (Å²) in [6.07, 6.45) is 12.8. The lowest BCUT2D eigenvalue weighted by Crippen LogP contribution is -2.53. The zero-order chi connectivity index (χ0) is 16.4. The molecule has 0 radical (unpaired) electrons. The summed E-state index contributed by atoms with van der Waals surface area (Å²) in [6.45, 7) is 9.73. The van der Waals surface area contributed by atoms with Crippen LogP contribution in [-0.2, 0) is 0 Å². The lowest BCUT2D eigenvalue weighted by Gasteiger charge is -2.61. The van der Waals surface area contributed by atoms with Crippen LogP contribution in [-0.4, -0.2) is 11.2 Å². The van der Waals surface area contributed by atoms with E-state index in [1.165, 1.54) is 57.8 Å². The van der Waals surface area contributed by atoms with E-state index >= 15 is 0 Å². The van der Waals surface area contributed by atoms with Crippen molar-refractivity contribution in [1.29, 1.82) is 0 Å². The zero-order valence-electron chi connectivity index (χ0n) is 15.9. The molecule has 9 atom stereocenters. The normalized spacial score (nSPS) is 57.3. The molecule has 4 fully saturated rings. The van der Waals surface area contributed by atoms with Gasteiger partial charge in [-0.15, -0.1) is 0 Å². The van der Waals surface area contributed by atoms with E-state index in [0.717, 1.165) is 29.6 Å². The molecule has 4 saturated carbocycles. The summed E-state index contributed by atoms with van der Waals surface area (Å²) in [4.78, 5) is 0. The second-order valence-corrected chi connectivity index (χ2v) is 10.5. The maximum atomic E-state index is 10.3. The molecule has 0 aromatic carbocycles. The third-order valence-corrected chi connectivity index (χ3v) is 9.58. The number of hydrogen-bond donors (Lipinski definition) is 1. The highest BCUT2D eigenvalue weighted by Gasteiger charge is 2.60. The van der Waals surface area contributed by atoms with Crippen molar-refractivity contribution in [3.63, 3.8) is 0 Å². The van der Waals surface area contributed by atoms with E-state index in [2.05, 4.69) is 20.8 Å². The van der Waals surface area contributed by atoms with Crippen molar-refractivity contribution in [1.82, 2.24) is 0 Å². The maximum absolute atomic E-state index is 10.3. The zero-order valence-corrected chi connectivity index (χ0v) is 15.9. The van der Waals surface area contributed by atoms with Crippen LogP contribution >= 0.6 is 0 Å². The molecule has 0 saturated heterocycles. The van der Waals surface area contributed by atoms with Crippen molar-refractivity contribution in [2.24, 2.45) is 46.3 Å². The monoisotopic (exact) mass is 318 g/mol. The van der Waals surface area contributed by atoms with Crippen LogP contribution in [0, 0.1) is 46.3 Å². The van der Waals surface area contributed by atoms with E-state index in [1.807, 2.05) is 6.92 Å². The van der Waals surface area contributed by atoms with Gasteiger partial charge in [0.25, 0.3) is 0 Å². The second-order valence-electron chi connectivity index (χ2n) is 10.5. The van der Waals surface area contributed by atoms with Crippen molar-refractivity contribution in [2.45, 2.75) is 91.6 Å². The maximum Gasteiger partial charge on any atom is 0.0545 e. The van der Waals surface area contributed by atoms with Crippen LogP contribution < -0.4 is 0 Å². The van der Waals surface area contributed by atoms with Crippen LogP contribution in [0.25, 0.3) is 0 Å². The third-order valence-electron chi connectivity index (χ3n) is 9.58. The van der Waals surface area contributed by atoms with E-state index in [4.69, 9.17) is 0 Å². The Hall–Kier alpha value is -0.0400. The molecule has 0 aliphatic heterocycles. The van der Waals surface area contributed by atoms with E-state index in [-0.39, 0.29) is 6.10 Å². The lowest BCUT2D eigenvalue weighted by atomic mass is 9.44. The Morgan fingerprint density at radius 1 is 0.870 bits per heavy atom. The molecule has 0 aromatic rings. The molecule has 0 heterocycles. The number of fused-ring (bicyclic) bond motifs is 5. The summed E-state index contributed by atoms with van der Waals surface area (Å²) in [6, 6.07) is 0. The van der Waals surface area contributed by atoms with Crippen molar-refractivity contribution >= 4 is 0 Å². The molecular formula is C22H38O. The summed E-state index contributed by atoms with van der Waals surface area (Å²) in [7, 11) is 0. The topological polar surface area (TPSA) is 20.2 Å². The molecule has 4 aliphatic rings.